The van der Waals surface area contributed by atoms with Gasteiger partial charge >= 0.3 is 0 Å². The molecule has 1 aromatic heterocycles. The largest absolute Gasteiger partial charge is 0.322 e. The molecular formula is C20H26N6O4S. The lowest BCUT2D eigenvalue weighted by Crippen LogP contribution is -2.52. The third-order valence-corrected chi connectivity index (χ3v) is 7.19. The smallest absolute Gasteiger partial charge is 0.256 e. The summed E-state index contributed by atoms with van der Waals surface area (Å²) in [6.07, 6.45) is 1.91. The second-order valence-corrected chi connectivity index (χ2v) is 10.3. The molecule has 31 heavy (non-hydrogen) atoms. The minimum absolute atomic E-state index is 0.0259. The molecule has 0 bridgehead atoms. The van der Waals surface area contributed by atoms with Gasteiger partial charge in [0.05, 0.1) is 10.6 Å². The number of rotatable bonds is 6. The van der Waals surface area contributed by atoms with Crippen molar-refractivity contribution < 1.29 is 18.0 Å². The molecule has 2 atom stereocenters. The molecule has 1 saturated heterocycles. The summed E-state index contributed by atoms with van der Waals surface area (Å²) in [7, 11) is -0.666. The van der Waals surface area contributed by atoms with Gasteiger partial charge in [-0.2, -0.15) is 5.10 Å². The van der Waals surface area contributed by atoms with Gasteiger partial charge < -0.3 is 10.6 Å². The molecule has 11 heteroatoms. The summed E-state index contributed by atoms with van der Waals surface area (Å²) in [6.45, 7) is 1.92. The van der Waals surface area contributed by atoms with Crippen molar-refractivity contribution in [1.82, 2.24) is 24.7 Å². The Hall–Kier alpha value is -2.76. The van der Waals surface area contributed by atoms with E-state index in [1.807, 2.05) is 13.0 Å². The fourth-order valence-corrected chi connectivity index (χ4v) is 4.35. The number of nitrogens with zero attached hydrogens (tertiary/aromatic N) is 3. The third kappa shape index (κ3) is 4.48. The zero-order chi connectivity index (χ0) is 22.3. The Kier molecular flexibility index (Phi) is 5.58. The molecule has 0 radical (unpaired) electrons. The molecule has 166 valence electrons. The first kappa shape index (κ1) is 21.5. The van der Waals surface area contributed by atoms with E-state index in [1.165, 1.54) is 38.4 Å². The van der Waals surface area contributed by atoms with Crippen molar-refractivity contribution in [2.45, 2.75) is 49.3 Å². The lowest BCUT2D eigenvalue weighted by atomic mass is 10.2. The van der Waals surface area contributed by atoms with Gasteiger partial charge in [0.25, 0.3) is 5.91 Å². The summed E-state index contributed by atoms with van der Waals surface area (Å²) in [5.41, 5.74) is 1.18. The normalized spacial score (nSPS) is 21.7. The number of aromatic nitrogens is 2. The average Bonchev–Trinajstić information content (AvgIpc) is 3.48. The van der Waals surface area contributed by atoms with E-state index in [0.29, 0.717) is 23.7 Å². The molecule has 4 rings (SSSR count). The number of benzene rings is 1. The molecule has 3 N–H and O–H groups in total. The standard InChI is InChI=1S/C20H26N6O4S/c1-12-10-18(27)23-20(21-12)26-17(11-16(24-26)13-4-5-13)22-19(28)14-6-8-15(9-7-14)31(29,30)25(2)3/h6-9,11-13,20-21H,4-5,10H2,1-3H3,(H,22,28)(H,23,27). The van der Waals surface area contributed by atoms with E-state index in [-0.39, 0.29) is 16.8 Å². The van der Waals surface area contributed by atoms with Crippen LogP contribution in [-0.2, 0) is 14.8 Å². The van der Waals surface area contributed by atoms with E-state index in [1.54, 1.807) is 4.68 Å². The minimum Gasteiger partial charge on any atom is -0.322 e. The van der Waals surface area contributed by atoms with Crippen molar-refractivity contribution in [2.75, 3.05) is 19.4 Å². The Morgan fingerprint density at radius 3 is 2.48 bits per heavy atom. The van der Waals surface area contributed by atoms with Crippen LogP contribution in [0.1, 0.15) is 54.4 Å². The summed E-state index contributed by atoms with van der Waals surface area (Å²) in [5, 5.41) is 13.6. The zero-order valence-electron chi connectivity index (χ0n) is 17.6. The molecule has 2 aromatic rings. The fourth-order valence-electron chi connectivity index (χ4n) is 3.45. The van der Waals surface area contributed by atoms with Crippen molar-refractivity contribution in [2.24, 2.45) is 0 Å². The molecule has 2 fully saturated rings. The topological polar surface area (TPSA) is 125 Å². The Labute approximate surface area is 181 Å². The molecule has 2 amide bonds. The second-order valence-electron chi connectivity index (χ2n) is 8.18. The van der Waals surface area contributed by atoms with Crippen LogP contribution < -0.4 is 16.0 Å². The number of carbonyl (C=O) groups is 2. The van der Waals surface area contributed by atoms with E-state index < -0.39 is 22.2 Å². The molecule has 1 saturated carbocycles. The van der Waals surface area contributed by atoms with Gasteiger partial charge in [0, 0.05) is 44.1 Å². The predicted molar refractivity (Wildman–Crippen MR) is 114 cm³/mol. The molecule has 0 spiro atoms. The summed E-state index contributed by atoms with van der Waals surface area (Å²) < 4.78 is 27.1. The van der Waals surface area contributed by atoms with Crippen LogP contribution in [0.4, 0.5) is 5.82 Å². The van der Waals surface area contributed by atoms with Crippen LogP contribution >= 0.6 is 0 Å². The molecular weight excluding hydrogens is 420 g/mol. The molecule has 2 unspecified atom stereocenters. The van der Waals surface area contributed by atoms with Crippen molar-refractivity contribution in [3.8, 4) is 0 Å². The summed E-state index contributed by atoms with van der Waals surface area (Å²) in [6, 6.07) is 7.55. The first-order valence-corrected chi connectivity index (χ1v) is 11.6. The highest BCUT2D eigenvalue weighted by Crippen LogP contribution is 2.40. The summed E-state index contributed by atoms with van der Waals surface area (Å²) in [5.74, 6) is 0.343. The first-order valence-electron chi connectivity index (χ1n) is 10.1. The maximum atomic E-state index is 12.8. The molecule has 1 aliphatic carbocycles. The van der Waals surface area contributed by atoms with E-state index >= 15 is 0 Å². The van der Waals surface area contributed by atoms with Gasteiger partial charge in [0.15, 0.2) is 6.29 Å². The van der Waals surface area contributed by atoms with E-state index in [2.05, 4.69) is 21.0 Å². The Morgan fingerprint density at radius 1 is 1.23 bits per heavy atom. The monoisotopic (exact) mass is 446 g/mol. The molecule has 2 heterocycles. The highest BCUT2D eigenvalue weighted by atomic mass is 32.2. The van der Waals surface area contributed by atoms with Crippen LogP contribution in [0.3, 0.4) is 0 Å². The SMILES string of the molecule is CC1CC(=O)NC(n2nc(C3CC3)cc2NC(=O)c2ccc(S(=O)(=O)N(C)C)cc2)N1. The third-order valence-electron chi connectivity index (χ3n) is 5.36. The fraction of sp³-hybridized carbons (Fsp3) is 0.450. The molecule has 1 aromatic carbocycles. The summed E-state index contributed by atoms with van der Waals surface area (Å²) in [4.78, 5) is 25.0. The predicted octanol–water partition coefficient (Wildman–Crippen LogP) is 1.22. The van der Waals surface area contributed by atoms with Crippen molar-refractivity contribution in [3.63, 3.8) is 0 Å². The maximum Gasteiger partial charge on any atom is 0.256 e. The number of amides is 2. The number of sulfonamides is 1. The highest BCUT2D eigenvalue weighted by Gasteiger charge is 2.31. The second kappa shape index (κ2) is 8.06. The van der Waals surface area contributed by atoms with Crippen molar-refractivity contribution in [3.05, 3.63) is 41.6 Å². The van der Waals surface area contributed by atoms with Gasteiger partial charge in [-0.1, -0.05) is 0 Å². The Bertz CT molecular complexity index is 1110. The summed E-state index contributed by atoms with van der Waals surface area (Å²) >= 11 is 0. The van der Waals surface area contributed by atoms with E-state index in [0.717, 1.165) is 22.8 Å². The van der Waals surface area contributed by atoms with Crippen LogP contribution in [0, 0.1) is 0 Å². The number of anilines is 1. The molecule has 1 aliphatic heterocycles. The highest BCUT2D eigenvalue weighted by molar-refractivity contribution is 7.89. The number of hydrogen-bond acceptors (Lipinski definition) is 6. The maximum absolute atomic E-state index is 12.8. The first-order chi connectivity index (χ1) is 14.6. The van der Waals surface area contributed by atoms with E-state index in [9.17, 15) is 18.0 Å². The van der Waals surface area contributed by atoms with Crippen LogP contribution in [0.25, 0.3) is 0 Å². The van der Waals surface area contributed by atoms with Gasteiger partial charge in [0.1, 0.15) is 5.82 Å². The lowest BCUT2D eigenvalue weighted by Gasteiger charge is -2.30. The van der Waals surface area contributed by atoms with Gasteiger partial charge in [-0.3, -0.25) is 14.9 Å². The zero-order valence-corrected chi connectivity index (χ0v) is 18.4. The van der Waals surface area contributed by atoms with Gasteiger partial charge in [-0.15, -0.1) is 0 Å². The van der Waals surface area contributed by atoms with E-state index in [4.69, 9.17) is 0 Å². The number of carbonyl (C=O) groups excluding carboxylic acids is 2. The Morgan fingerprint density at radius 2 is 1.90 bits per heavy atom. The van der Waals surface area contributed by atoms with Crippen LogP contribution in [-0.4, -0.2) is 54.5 Å². The quantitative estimate of drug-likeness (QED) is 0.613. The molecule has 2 aliphatic rings. The van der Waals surface area contributed by atoms with Gasteiger partial charge in [-0.05, 0) is 44.0 Å². The molecule has 10 nitrogen and oxygen atoms in total. The Balaban J connectivity index is 1.57. The average molecular weight is 447 g/mol. The van der Waals surface area contributed by atoms with Crippen molar-refractivity contribution >= 4 is 27.7 Å². The number of nitrogens with one attached hydrogen (secondary N) is 3. The lowest BCUT2D eigenvalue weighted by molar-refractivity contribution is -0.125. The van der Waals surface area contributed by atoms with Crippen LogP contribution in [0.15, 0.2) is 35.2 Å². The minimum atomic E-state index is -3.57. The van der Waals surface area contributed by atoms with Crippen LogP contribution in [0.2, 0.25) is 0 Å². The van der Waals surface area contributed by atoms with Gasteiger partial charge in [-0.25, -0.2) is 17.4 Å². The van der Waals surface area contributed by atoms with Crippen molar-refractivity contribution in [1.29, 1.82) is 0 Å². The van der Waals surface area contributed by atoms with Crippen LogP contribution in [0.5, 0.6) is 0 Å². The number of hydrogen-bond donors (Lipinski definition) is 3. The van der Waals surface area contributed by atoms with Gasteiger partial charge in [0.2, 0.25) is 15.9 Å².